The van der Waals surface area contributed by atoms with E-state index in [9.17, 15) is 18.0 Å². The van der Waals surface area contributed by atoms with Crippen molar-refractivity contribution in [1.82, 2.24) is 0 Å². The molecule has 2 atom stereocenters. The van der Waals surface area contributed by atoms with Gasteiger partial charge in [-0.3, -0.25) is 13.9 Å². The van der Waals surface area contributed by atoms with Crippen molar-refractivity contribution in [1.29, 1.82) is 0 Å². The Balaban J connectivity index is 1.57. The maximum atomic E-state index is 12.3. The van der Waals surface area contributed by atoms with Gasteiger partial charge >= 0.3 is 6.09 Å². The Morgan fingerprint density at radius 2 is 2.07 bits per heavy atom. The average molecular weight is 396 g/mol. The molecule has 3 heterocycles. The number of piperidine rings is 1. The maximum absolute atomic E-state index is 12.3. The lowest BCUT2D eigenvalue weighted by Crippen LogP contribution is -2.46. The van der Waals surface area contributed by atoms with Gasteiger partial charge in [0.05, 0.1) is 11.9 Å². The molecule has 0 bridgehead atoms. The van der Waals surface area contributed by atoms with Gasteiger partial charge in [0.2, 0.25) is 5.91 Å². The second-order valence-corrected chi connectivity index (χ2v) is 8.46. The Hall–Kier alpha value is -2.33. The average Bonchev–Trinajstić information content (AvgIpc) is 2.96. The van der Waals surface area contributed by atoms with Crippen LogP contribution in [0.3, 0.4) is 0 Å². The SMILES string of the molecule is CS(=O)(=O)OC[C@@H]1OC(=O)N2c3ccc(N4CCCCC4=O)cc3OC[C@@H]12. The fourth-order valence-electron chi connectivity index (χ4n) is 3.60. The summed E-state index contributed by atoms with van der Waals surface area (Å²) in [5.74, 6) is 0.567. The zero-order chi connectivity index (χ0) is 19.2. The van der Waals surface area contributed by atoms with E-state index >= 15 is 0 Å². The lowest BCUT2D eigenvalue weighted by molar-refractivity contribution is -0.119. The monoisotopic (exact) mass is 396 g/mol. The van der Waals surface area contributed by atoms with E-state index in [1.54, 1.807) is 23.1 Å². The lowest BCUT2D eigenvalue weighted by Gasteiger charge is -2.33. The van der Waals surface area contributed by atoms with Gasteiger partial charge in [0.15, 0.2) is 6.10 Å². The van der Waals surface area contributed by atoms with Crippen LogP contribution >= 0.6 is 0 Å². The Kier molecular flexibility index (Phi) is 4.47. The molecule has 0 aliphatic carbocycles. The number of ether oxygens (including phenoxy) is 2. The molecule has 0 N–H and O–H groups in total. The number of rotatable bonds is 4. The van der Waals surface area contributed by atoms with E-state index in [1.807, 2.05) is 0 Å². The minimum atomic E-state index is -3.64. The number of cyclic esters (lactones) is 1. The number of hydrogen-bond donors (Lipinski definition) is 0. The molecule has 3 aliphatic heterocycles. The molecule has 10 heteroatoms. The summed E-state index contributed by atoms with van der Waals surface area (Å²) in [6, 6.07) is 4.78. The minimum absolute atomic E-state index is 0.0773. The summed E-state index contributed by atoms with van der Waals surface area (Å²) < 4.78 is 38.3. The highest BCUT2D eigenvalue weighted by Crippen LogP contribution is 2.41. The second kappa shape index (κ2) is 6.68. The third-order valence-corrected chi connectivity index (χ3v) is 5.47. The first-order chi connectivity index (χ1) is 12.8. The van der Waals surface area contributed by atoms with Crippen LogP contribution < -0.4 is 14.5 Å². The van der Waals surface area contributed by atoms with E-state index in [4.69, 9.17) is 13.7 Å². The first-order valence-corrected chi connectivity index (χ1v) is 10.6. The molecule has 0 radical (unpaired) electrons. The summed E-state index contributed by atoms with van der Waals surface area (Å²) in [5.41, 5.74) is 1.27. The van der Waals surface area contributed by atoms with Gasteiger partial charge in [-0.2, -0.15) is 8.42 Å². The number of amides is 2. The summed E-state index contributed by atoms with van der Waals surface area (Å²) in [6.07, 6.45) is 2.00. The number of hydrogen-bond acceptors (Lipinski definition) is 7. The first-order valence-electron chi connectivity index (χ1n) is 8.75. The number of carbonyl (C=O) groups excluding carboxylic acids is 2. The fourth-order valence-corrected chi connectivity index (χ4v) is 3.98. The van der Waals surface area contributed by atoms with Crippen molar-refractivity contribution in [3.05, 3.63) is 18.2 Å². The molecule has 0 saturated carbocycles. The lowest BCUT2D eigenvalue weighted by atomic mass is 10.1. The number of carbonyl (C=O) groups is 2. The first kappa shape index (κ1) is 18.1. The van der Waals surface area contributed by atoms with Crippen molar-refractivity contribution in [3.63, 3.8) is 0 Å². The third kappa shape index (κ3) is 3.46. The highest BCUT2D eigenvalue weighted by atomic mass is 32.2. The molecule has 2 saturated heterocycles. The van der Waals surface area contributed by atoms with Crippen LogP contribution in [-0.4, -0.2) is 58.6 Å². The van der Waals surface area contributed by atoms with Gasteiger partial charge in [-0.05, 0) is 25.0 Å². The highest BCUT2D eigenvalue weighted by Gasteiger charge is 2.47. The van der Waals surface area contributed by atoms with Crippen LogP contribution in [0.25, 0.3) is 0 Å². The molecule has 2 fully saturated rings. The van der Waals surface area contributed by atoms with E-state index in [1.165, 1.54) is 4.90 Å². The molecule has 1 aromatic carbocycles. The number of benzene rings is 1. The molecule has 1 aromatic rings. The predicted octanol–water partition coefficient (Wildman–Crippen LogP) is 1.27. The van der Waals surface area contributed by atoms with E-state index in [0.29, 0.717) is 24.4 Å². The van der Waals surface area contributed by atoms with Crippen LogP contribution in [0, 0.1) is 0 Å². The van der Waals surface area contributed by atoms with Gasteiger partial charge in [0, 0.05) is 24.7 Å². The Morgan fingerprint density at radius 1 is 1.26 bits per heavy atom. The summed E-state index contributed by atoms with van der Waals surface area (Å²) >= 11 is 0. The van der Waals surface area contributed by atoms with Crippen molar-refractivity contribution in [2.24, 2.45) is 0 Å². The van der Waals surface area contributed by atoms with Gasteiger partial charge in [-0.25, -0.2) is 4.79 Å². The van der Waals surface area contributed by atoms with E-state index in [2.05, 4.69) is 0 Å². The molecule has 146 valence electrons. The third-order valence-electron chi connectivity index (χ3n) is 4.90. The molecule has 27 heavy (non-hydrogen) atoms. The van der Waals surface area contributed by atoms with Gasteiger partial charge < -0.3 is 14.4 Å². The molecular formula is C17H20N2O7S. The van der Waals surface area contributed by atoms with Crippen LogP contribution in [0.4, 0.5) is 16.2 Å². The normalized spacial score (nSPS) is 24.9. The fraction of sp³-hybridized carbons (Fsp3) is 0.529. The van der Waals surface area contributed by atoms with Gasteiger partial charge in [0.25, 0.3) is 10.1 Å². The minimum Gasteiger partial charge on any atom is -0.489 e. The summed E-state index contributed by atoms with van der Waals surface area (Å²) in [7, 11) is -3.64. The van der Waals surface area contributed by atoms with Gasteiger partial charge in [0.1, 0.15) is 25.0 Å². The molecule has 0 spiro atoms. The second-order valence-electron chi connectivity index (χ2n) is 6.81. The Labute approximate surface area is 156 Å². The predicted molar refractivity (Wildman–Crippen MR) is 95.5 cm³/mol. The molecule has 2 amide bonds. The smallest absolute Gasteiger partial charge is 0.415 e. The molecule has 3 aliphatic rings. The van der Waals surface area contributed by atoms with Crippen molar-refractivity contribution in [2.45, 2.75) is 31.4 Å². The standard InChI is InChI=1S/C17H20N2O7S/c1-27(22,23)25-10-15-13-9-24-14-8-11(18-7-3-2-4-16(18)20)5-6-12(14)19(13)17(21)26-15/h5-6,8,13,15H,2-4,7,9-10H2,1H3/t13-,15-/m0/s1. The molecule has 4 rings (SSSR count). The van der Waals surface area contributed by atoms with Crippen molar-refractivity contribution >= 4 is 33.5 Å². The van der Waals surface area contributed by atoms with Crippen LogP contribution in [0.5, 0.6) is 5.75 Å². The zero-order valence-electron chi connectivity index (χ0n) is 14.8. The summed E-state index contributed by atoms with van der Waals surface area (Å²) in [5, 5.41) is 0. The zero-order valence-corrected chi connectivity index (χ0v) is 15.6. The van der Waals surface area contributed by atoms with E-state index in [-0.39, 0.29) is 19.1 Å². The van der Waals surface area contributed by atoms with Crippen molar-refractivity contribution in [3.8, 4) is 5.75 Å². The van der Waals surface area contributed by atoms with Crippen LogP contribution in [0.2, 0.25) is 0 Å². The number of fused-ring (bicyclic) bond motifs is 3. The van der Waals surface area contributed by atoms with Crippen molar-refractivity contribution in [2.75, 3.05) is 35.8 Å². The van der Waals surface area contributed by atoms with Crippen LogP contribution in [0.15, 0.2) is 18.2 Å². The van der Waals surface area contributed by atoms with E-state index < -0.39 is 28.4 Å². The molecule has 0 aromatic heterocycles. The maximum Gasteiger partial charge on any atom is 0.415 e. The molecule has 0 unspecified atom stereocenters. The van der Waals surface area contributed by atoms with Crippen molar-refractivity contribution < 1.29 is 31.7 Å². The van der Waals surface area contributed by atoms with Gasteiger partial charge in [-0.15, -0.1) is 0 Å². The highest BCUT2D eigenvalue weighted by molar-refractivity contribution is 7.85. The Morgan fingerprint density at radius 3 is 2.81 bits per heavy atom. The quantitative estimate of drug-likeness (QED) is 0.706. The molecule has 9 nitrogen and oxygen atoms in total. The van der Waals surface area contributed by atoms with E-state index in [0.717, 1.165) is 24.8 Å². The molecular weight excluding hydrogens is 376 g/mol. The number of nitrogens with zero attached hydrogens (tertiary/aromatic N) is 2. The van der Waals surface area contributed by atoms with Crippen LogP contribution in [-0.2, 0) is 23.8 Å². The summed E-state index contributed by atoms with van der Waals surface area (Å²) in [4.78, 5) is 27.6. The Bertz CT molecular complexity index is 885. The van der Waals surface area contributed by atoms with Gasteiger partial charge in [-0.1, -0.05) is 0 Å². The topological polar surface area (TPSA) is 102 Å². The largest absolute Gasteiger partial charge is 0.489 e. The number of anilines is 2. The van der Waals surface area contributed by atoms with Crippen LogP contribution in [0.1, 0.15) is 19.3 Å². The summed E-state index contributed by atoms with van der Waals surface area (Å²) in [6.45, 7) is 0.551.